The Labute approximate surface area is 205 Å². The van der Waals surface area contributed by atoms with E-state index >= 15 is 0 Å². The Morgan fingerprint density at radius 3 is 2.19 bits per heavy atom. The van der Waals surface area contributed by atoms with Gasteiger partial charge in [-0.05, 0) is 12.8 Å². The van der Waals surface area contributed by atoms with Gasteiger partial charge in [0.15, 0.2) is 0 Å². The van der Waals surface area contributed by atoms with Crippen molar-refractivity contribution in [2.75, 3.05) is 6.54 Å². The monoisotopic (exact) mass is 503 g/mol. The van der Waals surface area contributed by atoms with Crippen molar-refractivity contribution >= 4 is 29.6 Å². The number of nitrogens with zero attached hydrogens (tertiary/aromatic N) is 3. The lowest BCUT2D eigenvalue weighted by molar-refractivity contribution is -0.145. The number of nitrogens with one attached hydrogen (secondary N) is 4. The maximum Gasteiger partial charge on any atom is 0.326 e. The zero-order valence-corrected chi connectivity index (χ0v) is 19.3. The summed E-state index contributed by atoms with van der Waals surface area (Å²) in [6.45, 7) is 0.234. The van der Waals surface area contributed by atoms with E-state index in [4.69, 9.17) is 11.5 Å². The van der Waals surface area contributed by atoms with E-state index in [-0.39, 0.29) is 19.4 Å². The highest BCUT2D eigenvalue weighted by molar-refractivity contribution is 5.95. The Bertz CT molecular complexity index is 1070. The maximum atomic E-state index is 13.5. The predicted octanol–water partition coefficient (Wildman–Crippen LogP) is -2.83. The Balaban J connectivity index is 1.73. The van der Waals surface area contributed by atoms with E-state index in [0.29, 0.717) is 24.2 Å². The van der Waals surface area contributed by atoms with Crippen LogP contribution in [0.4, 0.5) is 0 Å². The first-order chi connectivity index (χ1) is 17.2. The molecule has 15 heteroatoms. The van der Waals surface area contributed by atoms with Crippen LogP contribution >= 0.6 is 0 Å². The minimum absolute atomic E-state index is 0.0159. The highest BCUT2D eigenvalue weighted by Gasteiger charge is 2.39. The van der Waals surface area contributed by atoms with Crippen LogP contribution in [0.2, 0.25) is 0 Å². The van der Waals surface area contributed by atoms with Gasteiger partial charge in [-0.25, -0.2) is 14.8 Å². The molecule has 1 fully saturated rings. The Kier molecular flexibility index (Phi) is 8.72. The van der Waals surface area contributed by atoms with Crippen molar-refractivity contribution in [2.24, 2.45) is 11.5 Å². The minimum Gasteiger partial charge on any atom is -0.480 e. The fourth-order valence-corrected chi connectivity index (χ4v) is 3.99. The number of aromatic nitrogens is 4. The second kappa shape index (κ2) is 11.9. The maximum absolute atomic E-state index is 13.5. The molecule has 36 heavy (non-hydrogen) atoms. The lowest BCUT2D eigenvalue weighted by Gasteiger charge is -2.29. The molecule has 3 heterocycles. The third-order valence-corrected chi connectivity index (χ3v) is 5.78. The molecule has 0 spiro atoms. The number of amides is 4. The number of primary amides is 1. The van der Waals surface area contributed by atoms with E-state index in [1.165, 1.54) is 29.9 Å². The number of imidazole rings is 2. The van der Waals surface area contributed by atoms with E-state index in [0.717, 1.165) is 0 Å². The molecule has 4 unspecified atom stereocenters. The number of carbonyl (C=O) groups excluding carboxylic acids is 4. The molecule has 4 amide bonds. The third-order valence-electron chi connectivity index (χ3n) is 5.78. The molecular formula is C21H29N9O6. The van der Waals surface area contributed by atoms with Gasteiger partial charge in [-0.15, -0.1) is 0 Å². The van der Waals surface area contributed by atoms with Crippen molar-refractivity contribution in [3.05, 3.63) is 36.4 Å². The van der Waals surface area contributed by atoms with Crippen LogP contribution in [0, 0.1) is 0 Å². The first-order valence-corrected chi connectivity index (χ1v) is 11.3. The number of hydrogen-bond donors (Lipinski definition) is 7. The molecule has 0 radical (unpaired) electrons. The van der Waals surface area contributed by atoms with Crippen molar-refractivity contribution in [3.63, 3.8) is 0 Å². The van der Waals surface area contributed by atoms with Gasteiger partial charge in [-0.3, -0.25) is 19.2 Å². The molecule has 1 aliphatic heterocycles. The zero-order valence-electron chi connectivity index (χ0n) is 19.3. The third kappa shape index (κ3) is 6.88. The Hall–Kier alpha value is -4.27. The molecule has 4 atom stereocenters. The van der Waals surface area contributed by atoms with Crippen LogP contribution in [0.15, 0.2) is 25.0 Å². The summed E-state index contributed by atoms with van der Waals surface area (Å²) in [4.78, 5) is 76.6. The quantitative estimate of drug-likeness (QED) is 0.157. The number of aromatic amines is 2. The number of aliphatic carboxylic acids is 1. The van der Waals surface area contributed by atoms with Gasteiger partial charge in [-0.2, -0.15) is 0 Å². The Morgan fingerprint density at radius 2 is 1.67 bits per heavy atom. The van der Waals surface area contributed by atoms with Gasteiger partial charge < -0.3 is 42.1 Å². The molecule has 2 aromatic heterocycles. The van der Waals surface area contributed by atoms with Gasteiger partial charge in [0.05, 0.1) is 25.1 Å². The first kappa shape index (κ1) is 26.3. The van der Waals surface area contributed by atoms with Crippen LogP contribution in [-0.4, -0.2) is 90.3 Å². The summed E-state index contributed by atoms with van der Waals surface area (Å²) in [6.07, 6.45) is 6.18. The molecule has 0 bridgehead atoms. The highest BCUT2D eigenvalue weighted by Crippen LogP contribution is 2.20. The molecule has 1 saturated heterocycles. The number of rotatable bonds is 12. The van der Waals surface area contributed by atoms with Crippen molar-refractivity contribution in [1.29, 1.82) is 0 Å². The number of likely N-dealkylation sites (tertiary alicyclic amines) is 1. The van der Waals surface area contributed by atoms with Crippen molar-refractivity contribution in [2.45, 2.75) is 56.3 Å². The van der Waals surface area contributed by atoms with Gasteiger partial charge in [0.25, 0.3) is 0 Å². The summed E-state index contributed by atoms with van der Waals surface area (Å²) in [7, 11) is 0. The normalized spacial score (nSPS) is 17.7. The van der Waals surface area contributed by atoms with E-state index in [1.807, 2.05) is 0 Å². The van der Waals surface area contributed by atoms with E-state index in [1.54, 1.807) is 0 Å². The summed E-state index contributed by atoms with van der Waals surface area (Å²) < 4.78 is 0. The van der Waals surface area contributed by atoms with Crippen LogP contribution in [-0.2, 0) is 36.8 Å². The molecule has 0 aromatic carbocycles. The highest BCUT2D eigenvalue weighted by atomic mass is 16.4. The standard InChI is InChI=1S/C21H29N9O6/c22-13(6-17(23)31)18(32)28-14(4-11-7-24-9-26-11)20(34)30-3-1-2-16(30)19(33)29-15(21(35)36)5-12-8-25-10-27-12/h7-10,13-16H,1-6,22H2,(H2,23,31)(H,24,26)(H,25,27)(H,28,32)(H,29,33)(H,35,36). The molecule has 194 valence electrons. The van der Waals surface area contributed by atoms with Crippen molar-refractivity contribution < 1.29 is 29.1 Å². The fourth-order valence-electron chi connectivity index (χ4n) is 3.99. The summed E-state index contributed by atoms with van der Waals surface area (Å²) in [5, 5.41) is 14.6. The molecule has 2 aromatic rings. The zero-order chi connectivity index (χ0) is 26.2. The second-order valence-electron chi connectivity index (χ2n) is 8.49. The topological polar surface area (TPSA) is 242 Å². The summed E-state index contributed by atoms with van der Waals surface area (Å²) >= 11 is 0. The SMILES string of the molecule is NC(=O)CC(N)C(=O)NC(Cc1cnc[nH]1)C(=O)N1CCCC1C(=O)NC(Cc1cnc[nH]1)C(=O)O. The summed E-state index contributed by atoms with van der Waals surface area (Å²) in [5.41, 5.74) is 11.9. The smallest absolute Gasteiger partial charge is 0.326 e. The van der Waals surface area contributed by atoms with Crippen LogP contribution in [0.25, 0.3) is 0 Å². The molecule has 0 saturated carbocycles. The van der Waals surface area contributed by atoms with Gasteiger partial charge in [-0.1, -0.05) is 0 Å². The van der Waals surface area contributed by atoms with Gasteiger partial charge in [0.1, 0.15) is 18.1 Å². The van der Waals surface area contributed by atoms with Crippen LogP contribution in [0.1, 0.15) is 30.7 Å². The van der Waals surface area contributed by atoms with Crippen LogP contribution in [0.5, 0.6) is 0 Å². The molecule has 15 nitrogen and oxygen atoms in total. The minimum atomic E-state index is -1.25. The van der Waals surface area contributed by atoms with Gasteiger partial charge in [0, 0.05) is 43.2 Å². The average Bonchev–Trinajstić information content (AvgIpc) is 3.59. The number of hydrogen-bond acceptors (Lipinski definition) is 8. The van der Waals surface area contributed by atoms with E-state index < -0.39 is 60.2 Å². The average molecular weight is 504 g/mol. The largest absolute Gasteiger partial charge is 0.480 e. The fraction of sp³-hybridized carbons (Fsp3) is 0.476. The number of carbonyl (C=O) groups is 5. The Morgan fingerprint density at radius 1 is 1.06 bits per heavy atom. The second-order valence-corrected chi connectivity index (χ2v) is 8.49. The molecule has 9 N–H and O–H groups in total. The lowest BCUT2D eigenvalue weighted by atomic mass is 10.1. The number of nitrogens with two attached hydrogens (primary N) is 2. The van der Waals surface area contributed by atoms with E-state index in [9.17, 15) is 29.1 Å². The number of H-pyrrole nitrogens is 2. The molecular weight excluding hydrogens is 474 g/mol. The summed E-state index contributed by atoms with van der Waals surface area (Å²) in [5.74, 6) is -3.93. The van der Waals surface area contributed by atoms with Crippen LogP contribution in [0.3, 0.4) is 0 Å². The number of carboxylic acids is 1. The molecule has 0 aliphatic carbocycles. The number of carboxylic acid groups (broad SMARTS) is 1. The van der Waals surface area contributed by atoms with Gasteiger partial charge in [0.2, 0.25) is 23.6 Å². The molecule has 1 aliphatic rings. The van der Waals surface area contributed by atoms with Crippen molar-refractivity contribution in [1.82, 2.24) is 35.5 Å². The van der Waals surface area contributed by atoms with E-state index in [2.05, 4.69) is 30.6 Å². The van der Waals surface area contributed by atoms with Gasteiger partial charge >= 0.3 is 5.97 Å². The van der Waals surface area contributed by atoms with Crippen LogP contribution < -0.4 is 22.1 Å². The van der Waals surface area contributed by atoms with Crippen molar-refractivity contribution in [3.8, 4) is 0 Å². The molecule has 3 rings (SSSR count). The summed E-state index contributed by atoms with van der Waals surface area (Å²) in [6, 6.07) is -4.54. The first-order valence-electron chi connectivity index (χ1n) is 11.3. The lowest BCUT2D eigenvalue weighted by Crippen LogP contribution is -2.57. The predicted molar refractivity (Wildman–Crippen MR) is 123 cm³/mol.